The lowest BCUT2D eigenvalue weighted by molar-refractivity contribution is -0.116. The molecule has 0 aliphatic rings. The fourth-order valence-corrected chi connectivity index (χ4v) is 3.19. The molecule has 0 saturated carbocycles. The molecule has 0 unspecified atom stereocenters. The van der Waals surface area contributed by atoms with E-state index in [1.807, 2.05) is 12.1 Å². The second-order valence-corrected chi connectivity index (χ2v) is 6.61. The van der Waals surface area contributed by atoms with Crippen molar-refractivity contribution in [2.45, 2.75) is 13.5 Å². The zero-order valence-electron chi connectivity index (χ0n) is 15.7. The summed E-state index contributed by atoms with van der Waals surface area (Å²) in [5, 5.41) is 4.28. The van der Waals surface area contributed by atoms with Crippen molar-refractivity contribution < 1.29 is 19.1 Å². The summed E-state index contributed by atoms with van der Waals surface area (Å²) < 4.78 is 11.3. The quantitative estimate of drug-likeness (QED) is 0.590. The van der Waals surface area contributed by atoms with Crippen molar-refractivity contribution in [2.24, 2.45) is 0 Å². The molecule has 29 heavy (non-hydrogen) atoms. The first-order valence-electron chi connectivity index (χ1n) is 8.64. The van der Waals surface area contributed by atoms with Crippen molar-refractivity contribution in [1.82, 2.24) is 14.5 Å². The minimum absolute atomic E-state index is 0.118. The van der Waals surface area contributed by atoms with Gasteiger partial charge < -0.3 is 14.8 Å². The fraction of sp³-hybridized carbons (Fsp3) is 0.211. The summed E-state index contributed by atoms with van der Waals surface area (Å²) in [6.45, 7) is 1.68. The fourth-order valence-electron chi connectivity index (χ4n) is 2.49. The minimum atomic E-state index is -0.559. The van der Waals surface area contributed by atoms with E-state index in [0.29, 0.717) is 17.0 Å². The largest absolute Gasteiger partial charge is 0.496 e. The topological polar surface area (TPSA) is 112 Å². The Kier molecular flexibility index (Phi) is 6.35. The van der Waals surface area contributed by atoms with Crippen LogP contribution in [0.5, 0.6) is 5.75 Å². The second kappa shape index (κ2) is 9.11. The van der Waals surface area contributed by atoms with E-state index in [0.717, 1.165) is 11.3 Å². The van der Waals surface area contributed by atoms with E-state index >= 15 is 0 Å². The average molecular weight is 414 g/mol. The highest BCUT2D eigenvalue weighted by Crippen LogP contribution is 2.26. The molecule has 0 saturated heterocycles. The van der Waals surface area contributed by atoms with Crippen LogP contribution in [0.3, 0.4) is 0 Å². The summed E-state index contributed by atoms with van der Waals surface area (Å²) in [5.74, 6) is -0.434. The number of amides is 1. The van der Waals surface area contributed by atoms with Gasteiger partial charge in [0, 0.05) is 17.0 Å². The third-order valence-electron chi connectivity index (χ3n) is 3.81. The van der Waals surface area contributed by atoms with Crippen molar-refractivity contribution in [2.75, 3.05) is 19.0 Å². The molecule has 1 aromatic carbocycles. The number of esters is 1. The Morgan fingerprint density at radius 1 is 1.28 bits per heavy atom. The summed E-state index contributed by atoms with van der Waals surface area (Å²) in [6, 6.07) is 8.54. The third-order valence-corrected chi connectivity index (χ3v) is 4.57. The first-order valence-corrected chi connectivity index (χ1v) is 9.52. The highest BCUT2D eigenvalue weighted by molar-refractivity contribution is 7.14. The number of para-hydroxylation sites is 1. The Morgan fingerprint density at radius 2 is 2.07 bits per heavy atom. The number of benzene rings is 1. The van der Waals surface area contributed by atoms with Crippen LogP contribution in [0.25, 0.3) is 11.3 Å². The molecule has 0 aliphatic heterocycles. The number of carbonyl (C=O) groups excluding carboxylic acids is 2. The normalized spacial score (nSPS) is 10.4. The van der Waals surface area contributed by atoms with Gasteiger partial charge in [0.25, 0.3) is 5.56 Å². The van der Waals surface area contributed by atoms with Crippen LogP contribution < -0.4 is 15.6 Å². The molecule has 150 valence electrons. The van der Waals surface area contributed by atoms with Crippen LogP contribution in [0, 0.1) is 0 Å². The number of hydrogen-bond acceptors (Lipinski definition) is 8. The first-order chi connectivity index (χ1) is 14.0. The van der Waals surface area contributed by atoms with E-state index in [2.05, 4.69) is 15.3 Å². The molecule has 10 heteroatoms. The van der Waals surface area contributed by atoms with Gasteiger partial charge in [0.1, 0.15) is 12.3 Å². The Balaban J connectivity index is 1.70. The van der Waals surface area contributed by atoms with Crippen LogP contribution in [0.15, 0.2) is 46.8 Å². The minimum Gasteiger partial charge on any atom is -0.496 e. The molecule has 2 heterocycles. The van der Waals surface area contributed by atoms with Crippen molar-refractivity contribution in [3.63, 3.8) is 0 Å². The van der Waals surface area contributed by atoms with Gasteiger partial charge in [-0.3, -0.25) is 14.2 Å². The Bertz CT molecular complexity index is 1090. The van der Waals surface area contributed by atoms with Gasteiger partial charge in [-0.05, 0) is 19.1 Å². The number of nitrogens with zero attached hydrogens (tertiary/aromatic N) is 3. The Morgan fingerprint density at radius 3 is 2.79 bits per heavy atom. The van der Waals surface area contributed by atoms with Crippen molar-refractivity contribution in [3.05, 3.63) is 58.1 Å². The van der Waals surface area contributed by atoms with E-state index in [-0.39, 0.29) is 29.5 Å². The van der Waals surface area contributed by atoms with Crippen LogP contribution in [-0.2, 0) is 16.1 Å². The molecule has 1 N–H and O–H groups in total. The lowest BCUT2D eigenvalue weighted by atomic mass is 10.1. The monoisotopic (exact) mass is 414 g/mol. The lowest BCUT2D eigenvalue weighted by Crippen LogP contribution is -2.27. The van der Waals surface area contributed by atoms with Gasteiger partial charge in [0.2, 0.25) is 5.91 Å². The van der Waals surface area contributed by atoms with Gasteiger partial charge >= 0.3 is 5.97 Å². The van der Waals surface area contributed by atoms with Gasteiger partial charge in [-0.15, -0.1) is 11.3 Å². The number of carbonyl (C=O) groups is 2. The Labute approximate surface area is 170 Å². The zero-order valence-corrected chi connectivity index (χ0v) is 16.6. The van der Waals surface area contributed by atoms with E-state index in [1.165, 1.54) is 29.5 Å². The molecule has 3 rings (SSSR count). The van der Waals surface area contributed by atoms with Crippen LogP contribution in [-0.4, -0.2) is 40.1 Å². The number of ether oxygens (including phenoxy) is 2. The molecule has 0 spiro atoms. The molecule has 0 atom stereocenters. The lowest BCUT2D eigenvalue weighted by Gasteiger charge is -2.09. The summed E-state index contributed by atoms with van der Waals surface area (Å²) in [5.41, 5.74) is 0.857. The molecule has 1 amide bonds. The van der Waals surface area contributed by atoms with Gasteiger partial charge in [0.15, 0.2) is 10.8 Å². The molecule has 0 bridgehead atoms. The van der Waals surface area contributed by atoms with E-state index in [4.69, 9.17) is 9.47 Å². The Hall–Kier alpha value is -3.53. The predicted octanol–water partition coefficient (Wildman–Crippen LogP) is 2.19. The maximum atomic E-state index is 12.4. The highest BCUT2D eigenvalue weighted by Gasteiger charge is 2.14. The SMILES string of the molecule is CCOC(=O)c1csc(NC(=O)Cn2cnc(-c3ccccc3OC)cc2=O)n1. The molecular weight excluding hydrogens is 396 g/mol. The number of rotatable bonds is 7. The number of nitrogens with one attached hydrogen (secondary N) is 1. The number of anilines is 1. The molecule has 2 aromatic heterocycles. The van der Waals surface area contributed by atoms with Crippen molar-refractivity contribution >= 4 is 28.3 Å². The summed E-state index contributed by atoms with van der Waals surface area (Å²) in [7, 11) is 1.54. The molecule has 0 fully saturated rings. The van der Waals surface area contributed by atoms with Gasteiger partial charge in [0.05, 0.1) is 25.7 Å². The smallest absolute Gasteiger partial charge is 0.357 e. The maximum Gasteiger partial charge on any atom is 0.357 e. The second-order valence-electron chi connectivity index (χ2n) is 5.75. The summed E-state index contributed by atoms with van der Waals surface area (Å²) in [4.78, 5) is 44.5. The number of aromatic nitrogens is 3. The van der Waals surface area contributed by atoms with E-state index in [9.17, 15) is 14.4 Å². The standard InChI is InChI=1S/C19H18N4O5S/c1-3-28-18(26)14-10-29-19(21-14)22-16(24)9-23-11-20-13(8-17(23)25)12-6-4-5-7-15(12)27-2/h4-8,10-11H,3,9H2,1-2H3,(H,21,22,24). The van der Waals surface area contributed by atoms with Crippen LogP contribution >= 0.6 is 11.3 Å². The molecule has 0 aliphatic carbocycles. The number of hydrogen-bond donors (Lipinski definition) is 1. The molecule has 0 radical (unpaired) electrons. The number of thiazole rings is 1. The third kappa shape index (κ3) is 4.85. The molecule has 9 nitrogen and oxygen atoms in total. The summed E-state index contributed by atoms with van der Waals surface area (Å²) in [6.07, 6.45) is 1.30. The van der Waals surface area contributed by atoms with Gasteiger partial charge in [-0.25, -0.2) is 14.8 Å². The molecule has 3 aromatic rings. The predicted molar refractivity (Wildman–Crippen MR) is 107 cm³/mol. The highest BCUT2D eigenvalue weighted by atomic mass is 32.1. The summed E-state index contributed by atoms with van der Waals surface area (Å²) >= 11 is 1.09. The van der Waals surface area contributed by atoms with Gasteiger partial charge in [-0.1, -0.05) is 12.1 Å². The van der Waals surface area contributed by atoms with Crippen LogP contribution in [0.4, 0.5) is 5.13 Å². The van der Waals surface area contributed by atoms with Crippen molar-refractivity contribution in [1.29, 1.82) is 0 Å². The first kappa shape index (κ1) is 20.2. The average Bonchev–Trinajstić information content (AvgIpc) is 3.18. The van der Waals surface area contributed by atoms with E-state index < -0.39 is 11.9 Å². The van der Waals surface area contributed by atoms with E-state index in [1.54, 1.807) is 19.1 Å². The maximum absolute atomic E-state index is 12.4. The zero-order chi connectivity index (χ0) is 20.8. The van der Waals surface area contributed by atoms with Crippen LogP contribution in [0.1, 0.15) is 17.4 Å². The molecular formula is C19H18N4O5S. The van der Waals surface area contributed by atoms with Crippen LogP contribution in [0.2, 0.25) is 0 Å². The number of methoxy groups -OCH3 is 1. The van der Waals surface area contributed by atoms with Gasteiger partial charge in [-0.2, -0.15) is 0 Å². The van der Waals surface area contributed by atoms with Crippen molar-refractivity contribution in [3.8, 4) is 17.0 Å².